The standard InChI is InChI=1S/C12H14N4O2/c1-3-13-12(18)16-10-7-5-4-6-9(10)15-11(16)14-8(2)17/h4-7H,3H2,1-2H3,(H,13,18)(H,14,15,17). The molecular formula is C12H14N4O2. The topological polar surface area (TPSA) is 76.0 Å². The molecule has 6 heteroatoms. The molecule has 1 heterocycles. The van der Waals surface area contributed by atoms with Gasteiger partial charge in [-0.15, -0.1) is 0 Å². The van der Waals surface area contributed by atoms with Gasteiger partial charge < -0.3 is 5.32 Å². The number of para-hydroxylation sites is 2. The maximum absolute atomic E-state index is 12.0. The van der Waals surface area contributed by atoms with Crippen LogP contribution in [-0.2, 0) is 4.79 Å². The third-order valence-electron chi connectivity index (χ3n) is 2.38. The van der Waals surface area contributed by atoms with E-state index in [9.17, 15) is 9.59 Å². The maximum atomic E-state index is 12.0. The van der Waals surface area contributed by atoms with E-state index in [-0.39, 0.29) is 17.9 Å². The van der Waals surface area contributed by atoms with E-state index in [0.717, 1.165) is 0 Å². The molecule has 2 N–H and O–H groups in total. The highest BCUT2D eigenvalue weighted by atomic mass is 16.2. The zero-order valence-electron chi connectivity index (χ0n) is 10.2. The van der Waals surface area contributed by atoms with Crippen LogP contribution >= 0.6 is 0 Å². The summed E-state index contributed by atoms with van der Waals surface area (Å²) < 4.78 is 1.36. The summed E-state index contributed by atoms with van der Waals surface area (Å²) in [6, 6.07) is 6.90. The van der Waals surface area contributed by atoms with Crippen molar-refractivity contribution in [3.05, 3.63) is 24.3 Å². The van der Waals surface area contributed by atoms with Gasteiger partial charge in [-0.05, 0) is 19.1 Å². The van der Waals surface area contributed by atoms with Gasteiger partial charge in [-0.25, -0.2) is 14.3 Å². The number of rotatable bonds is 2. The molecule has 18 heavy (non-hydrogen) atoms. The van der Waals surface area contributed by atoms with E-state index in [1.807, 2.05) is 19.1 Å². The summed E-state index contributed by atoms with van der Waals surface area (Å²) in [7, 11) is 0. The quantitative estimate of drug-likeness (QED) is 0.844. The molecule has 0 aliphatic rings. The average Bonchev–Trinajstić information content (AvgIpc) is 2.66. The first-order chi connectivity index (χ1) is 8.63. The van der Waals surface area contributed by atoms with Gasteiger partial charge in [-0.1, -0.05) is 12.1 Å². The Balaban J connectivity index is 2.57. The fourth-order valence-electron chi connectivity index (χ4n) is 1.70. The van der Waals surface area contributed by atoms with E-state index < -0.39 is 0 Å². The molecule has 6 nitrogen and oxygen atoms in total. The molecule has 0 saturated heterocycles. The number of fused-ring (bicyclic) bond motifs is 1. The first-order valence-electron chi connectivity index (χ1n) is 5.66. The molecule has 0 aliphatic heterocycles. The van der Waals surface area contributed by atoms with Crippen LogP contribution in [0.4, 0.5) is 10.7 Å². The van der Waals surface area contributed by atoms with Crippen LogP contribution in [0.5, 0.6) is 0 Å². The van der Waals surface area contributed by atoms with Crippen LogP contribution in [0, 0.1) is 0 Å². The van der Waals surface area contributed by atoms with Gasteiger partial charge in [0.2, 0.25) is 11.9 Å². The molecule has 2 rings (SSSR count). The molecule has 1 aromatic heterocycles. The van der Waals surface area contributed by atoms with Crippen molar-refractivity contribution in [2.24, 2.45) is 0 Å². The molecule has 0 unspecified atom stereocenters. The number of nitrogens with one attached hydrogen (secondary N) is 2. The number of anilines is 1. The van der Waals surface area contributed by atoms with Gasteiger partial charge in [0, 0.05) is 13.5 Å². The minimum absolute atomic E-state index is 0.231. The number of aromatic nitrogens is 2. The summed E-state index contributed by atoms with van der Waals surface area (Å²) in [4.78, 5) is 27.3. The van der Waals surface area contributed by atoms with Crippen molar-refractivity contribution in [1.29, 1.82) is 0 Å². The van der Waals surface area contributed by atoms with E-state index in [2.05, 4.69) is 15.6 Å². The first kappa shape index (κ1) is 12.1. The Hall–Kier alpha value is -2.37. The SMILES string of the molecule is CCNC(=O)n1c(NC(C)=O)nc2ccccc21. The highest BCUT2D eigenvalue weighted by Crippen LogP contribution is 2.18. The predicted molar refractivity (Wildman–Crippen MR) is 68.5 cm³/mol. The first-order valence-corrected chi connectivity index (χ1v) is 5.66. The van der Waals surface area contributed by atoms with Crippen molar-refractivity contribution in [3.63, 3.8) is 0 Å². The van der Waals surface area contributed by atoms with Crippen molar-refractivity contribution in [2.75, 3.05) is 11.9 Å². The molecule has 0 fully saturated rings. The van der Waals surface area contributed by atoms with Gasteiger partial charge in [0.15, 0.2) is 0 Å². The third-order valence-corrected chi connectivity index (χ3v) is 2.38. The molecule has 0 spiro atoms. The number of benzene rings is 1. The monoisotopic (exact) mass is 246 g/mol. The van der Waals surface area contributed by atoms with Crippen LogP contribution in [-0.4, -0.2) is 28.0 Å². The summed E-state index contributed by atoms with van der Waals surface area (Å²) in [5.74, 6) is -0.0366. The Labute approximate surface area is 104 Å². The van der Waals surface area contributed by atoms with Crippen molar-refractivity contribution in [1.82, 2.24) is 14.9 Å². The average molecular weight is 246 g/mol. The van der Waals surface area contributed by atoms with Gasteiger partial charge in [-0.3, -0.25) is 10.1 Å². The number of hydrogen-bond donors (Lipinski definition) is 2. The lowest BCUT2D eigenvalue weighted by atomic mass is 10.3. The van der Waals surface area contributed by atoms with Gasteiger partial charge in [-0.2, -0.15) is 0 Å². The molecule has 0 radical (unpaired) electrons. The number of hydrogen-bond acceptors (Lipinski definition) is 3. The van der Waals surface area contributed by atoms with Crippen molar-refractivity contribution >= 4 is 28.9 Å². The summed E-state index contributed by atoms with van der Waals surface area (Å²) in [5.41, 5.74) is 1.32. The maximum Gasteiger partial charge on any atom is 0.328 e. The zero-order chi connectivity index (χ0) is 13.1. The second-order valence-corrected chi connectivity index (χ2v) is 3.78. The lowest BCUT2D eigenvalue weighted by molar-refractivity contribution is -0.114. The van der Waals surface area contributed by atoms with E-state index in [0.29, 0.717) is 17.6 Å². The van der Waals surface area contributed by atoms with Crippen LogP contribution in [0.3, 0.4) is 0 Å². The molecule has 2 amide bonds. The normalized spacial score (nSPS) is 10.3. The summed E-state index contributed by atoms with van der Waals surface area (Å²) in [6.07, 6.45) is 0. The summed E-state index contributed by atoms with van der Waals surface area (Å²) >= 11 is 0. The number of nitrogens with zero attached hydrogens (tertiary/aromatic N) is 2. The van der Waals surface area contributed by atoms with Crippen molar-refractivity contribution < 1.29 is 9.59 Å². The Morgan fingerprint density at radius 1 is 1.33 bits per heavy atom. The predicted octanol–water partition coefficient (Wildman–Crippen LogP) is 1.57. The van der Waals surface area contributed by atoms with E-state index in [1.54, 1.807) is 12.1 Å². The Morgan fingerprint density at radius 3 is 2.72 bits per heavy atom. The fraction of sp³-hybridized carbons (Fsp3) is 0.250. The van der Waals surface area contributed by atoms with Gasteiger partial charge in [0.05, 0.1) is 11.0 Å². The Kier molecular flexibility index (Phi) is 3.27. The molecule has 2 aromatic rings. The molecule has 0 aliphatic carbocycles. The van der Waals surface area contributed by atoms with E-state index >= 15 is 0 Å². The molecule has 0 atom stereocenters. The van der Waals surface area contributed by atoms with Crippen molar-refractivity contribution in [2.45, 2.75) is 13.8 Å². The molecule has 0 saturated carbocycles. The zero-order valence-corrected chi connectivity index (χ0v) is 10.2. The molecule has 94 valence electrons. The Bertz CT molecular complexity index is 603. The fourth-order valence-corrected chi connectivity index (χ4v) is 1.70. The smallest absolute Gasteiger partial charge is 0.328 e. The molecular weight excluding hydrogens is 232 g/mol. The minimum atomic E-state index is -0.310. The van der Waals surface area contributed by atoms with Gasteiger partial charge in [0.1, 0.15) is 0 Å². The Morgan fingerprint density at radius 2 is 2.06 bits per heavy atom. The van der Waals surface area contributed by atoms with Crippen molar-refractivity contribution in [3.8, 4) is 0 Å². The summed E-state index contributed by atoms with van der Waals surface area (Å²) in [5, 5.41) is 5.24. The van der Waals surface area contributed by atoms with E-state index in [4.69, 9.17) is 0 Å². The highest BCUT2D eigenvalue weighted by molar-refractivity contribution is 5.97. The summed E-state index contributed by atoms with van der Waals surface area (Å²) in [6.45, 7) is 3.71. The third kappa shape index (κ3) is 2.17. The molecule has 0 bridgehead atoms. The number of carbonyl (C=O) groups excluding carboxylic acids is 2. The second-order valence-electron chi connectivity index (χ2n) is 3.78. The van der Waals surface area contributed by atoms with E-state index in [1.165, 1.54) is 11.5 Å². The van der Waals surface area contributed by atoms with Gasteiger partial charge in [0.25, 0.3) is 0 Å². The van der Waals surface area contributed by atoms with Crippen LogP contribution in [0.15, 0.2) is 24.3 Å². The largest absolute Gasteiger partial charge is 0.338 e. The van der Waals surface area contributed by atoms with Crippen LogP contribution in [0.1, 0.15) is 13.8 Å². The second kappa shape index (κ2) is 4.87. The lowest BCUT2D eigenvalue weighted by Gasteiger charge is -2.07. The highest BCUT2D eigenvalue weighted by Gasteiger charge is 2.16. The number of amides is 2. The number of imidazole rings is 1. The number of carbonyl (C=O) groups is 2. The molecule has 1 aromatic carbocycles. The van der Waals surface area contributed by atoms with Crippen LogP contribution in [0.2, 0.25) is 0 Å². The van der Waals surface area contributed by atoms with Crippen LogP contribution < -0.4 is 10.6 Å². The lowest BCUT2D eigenvalue weighted by Crippen LogP contribution is -2.29. The van der Waals surface area contributed by atoms with Crippen LogP contribution in [0.25, 0.3) is 11.0 Å². The minimum Gasteiger partial charge on any atom is -0.338 e. The van der Waals surface area contributed by atoms with Gasteiger partial charge >= 0.3 is 6.03 Å².